The van der Waals surface area contributed by atoms with E-state index in [4.69, 9.17) is 4.74 Å². The number of hydrogen-bond donors (Lipinski definition) is 0. The summed E-state index contributed by atoms with van der Waals surface area (Å²) in [6.07, 6.45) is 1.13. The quantitative estimate of drug-likeness (QED) is 0.745. The van der Waals surface area contributed by atoms with E-state index in [9.17, 15) is 4.79 Å². The highest BCUT2D eigenvalue weighted by Gasteiger charge is 2.25. The van der Waals surface area contributed by atoms with E-state index in [1.807, 2.05) is 13.0 Å². The minimum atomic E-state index is -0.110. The summed E-state index contributed by atoms with van der Waals surface area (Å²) in [5, 5.41) is 0. The van der Waals surface area contributed by atoms with Gasteiger partial charge in [0, 0.05) is 6.54 Å². The zero-order valence-corrected chi connectivity index (χ0v) is 10.3. The second kappa shape index (κ2) is 5.82. The number of ether oxygens (including phenoxy) is 1. The average molecular weight is 233 g/mol. The Bertz CT molecular complexity index is 364. The Labute approximate surface area is 102 Å². The van der Waals surface area contributed by atoms with Gasteiger partial charge in [-0.3, -0.25) is 9.69 Å². The number of hydrogen-bond acceptors (Lipinski definition) is 3. The van der Waals surface area contributed by atoms with Crippen LogP contribution in [0.3, 0.4) is 0 Å². The lowest BCUT2D eigenvalue weighted by molar-refractivity contribution is -0.144. The molecule has 17 heavy (non-hydrogen) atoms. The molecule has 0 aromatic heterocycles. The molecular weight excluding hydrogens is 214 g/mol. The summed E-state index contributed by atoms with van der Waals surface area (Å²) in [6.45, 7) is 4.68. The van der Waals surface area contributed by atoms with E-state index in [1.54, 1.807) is 0 Å². The average Bonchev–Trinajstić information content (AvgIpc) is 2.79. The summed E-state index contributed by atoms with van der Waals surface area (Å²) in [6, 6.07) is 10.5. The molecule has 1 aromatic rings. The second-order valence-corrected chi connectivity index (χ2v) is 4.44. The predicted octanol–water partition coefficient (Wildman–Crippen LogP) is 2.04. The normalized spacial score (nSPS) is 20.4. The molecule has 1 aliphatic heterocycles. The smallest absolute Gasteiger partial charge is 0.320 e. The Balaban J connectivity index is 1.86. The van der Waals surface area contributed by atoms with Gasteiger partial charge in [0.1, 0.15) is 0 Å². The Morgan fingerprint density at radius 3 is 2.88 bits per heavy atom. The fourth-order valence-electron chi connectivity index (χ4n) is 2.36. The standard InChI is InChI=1S/C14H19NO2/c1-2-17-14(16)11-15-9-8-13(10-15)12-6-4-3-5-7-12/h3-7,13H,2,8-11H2,1H3/t13-/m0/s1. The van der Waals surface area contributed by atoms with E-state index in [1.165, 1.54) is 5.56 Å². The Kier molecular flexibility index (Phi) is 4.15. The van der Waals surface area contributed by atoms with Crippen LogP contribution in [0.1, 0.15) is 24.8 Å². The van der Waals surface area contributed by atoms with Crippen LogP contribution in [-0.2, 0) is 9.53 Å². The largest absolute Gasteiger partial charge is 0.465 e. The number of likely N-dealkylation sites (tertiary alicyclic amines) is 1. The number of benzene rings is 1. The third-order valence-corrected chi connectivity index (χ3v) is 3.20. The summed E-state index contributed by atoms with van der Waals surface area (Å²) in [7, 11) is 0. The molecule has 0 saturated carbocycles. The van der Waals surface area contributed by atoms with Gasteiger partial charge in [0.2, 0.25) is 0 Å². The number of carbonyl (C=O) groups is 1. The molecule has 0 amide bonds. The van der Waals surface area contributed by atoms with Gasteiger partial charge >= 0.3 is 5.97 Å². The molecular formula is C14H19NO2. The van der Waals surface area contributed by atoms with E-state index in [-0.39, 0.29) is 5.97 Å². The fourth-order valence-corrected chi connectivity index (χ4v) is 2.36. The van der Waals surface area contributed by atoms with Crippen molar-refractivity contribution in [2.24, 2.45) is 0 Å². The first-order chi connectivity index (χ1) is 8.29. The van der Waals surface area contributed by atoms with Crippen molar-refractivity contribution in [2.45, 2.75) is 19.3 Å². The third-order valence-electron chi connectivity index (χ3n) is 3.20. The van der Waals surface area contributed by atoms with E-state index in [2.05, 4.69) is 29.2 Å². The van der Waals surface area contributed by atoms with Crippen LogP contribution in [-0.4, -0.2) is 37.1 Å². The van der Waals surface area contributed by atoms with Gasteiger partial charge in [0.15, 0.2) is 0 Å². The zero-order valence-electron chi connectivity index (χ0n) is 10.3. The lowest BCUT2D eigenvalue weighted by atomic mass is 9.99. The van der Waals surface area contributed by atoms with E-state index in [0.717, 1.165) is 19.5 Å². The van der Waals surface area contributed by atoms with Crippen molar-refractivity contribution in [2.75, 3.05) is 26.2 Å². The SMILES string of the molecule is CCOC(=O)CN1CC[C@H](c2ccccc2)C1. The van der Waals surface area contributed by atoms with Crippen LogP contribution in [0.25, 0.3) is 0 Å². The summed E-state index contributed by atoms with van der Waals surface area (Å²) in [5.74, 6) is 0.451. The summed E-state index contributed by atoms with van der Waals surface area (Å²) >= 11 is 0. The van der Waals surface area contributed by atoms with Crippen molar-refractivity contribution in [3.8, 4) is 0 Å². The van der Waals surface area contributed by atoms with Gasteiger partial charge in [-0.2, -0.15) is 0 Å². The van der Waals surface area contributed by atoms with Gasteiger partial charge < -0.3 is 4.74 Å². The zero-order chi connectivity index (χ0) is 12.1. The Hall–Kier alpha value is -1.35. The van der Waals surface area contributed by atoms with E-state index in [0.29, 0.717) is 19.1 Å². The second-order valence-electron chi connectivity index (χ2n) is 4.44. The van der Waals surface area contributed by atoms with Crippen LogP contribution in [0.2, 0.25) is 0 Å². The third kappa shape index (κ3) is 3.30. The molecule has 1 fully saturated rings. The molecule has 1 aliphatic rings. The van der Waals surface area contributed by atoms with Crippen molar-refractivity contribution < 1.29 is 9.53 Å². The number of rotatable bonds is 4. The molecule has 0 unspecified atom stereocenters. The van der Waals surface area contributed by atoms with Crippen LogP contribution >= 0.6 is 0 Å². The first kappa shape index (κ1) is 12.1. The van der Waals surface area contributed by atoms with Gasteiger partial charge in [0.05, 0.1) is 13.2 Å². The highest BCUT2D eigenvalue weighted by Crippen LogP contribution is 2.26. The first-order valence-corrected chi connectivity index (χ1v) is 6.22. The van der Waals surface area contributed by atoms with Crippen LogP contribution in [0.5, 0.6) is 0 Å². The Morgan fingerprint density at radius 1 is 1.41 bits per heavy atom. The molecule has 2 rings (SSSR count). The highest BCUT2D eigenvalue weighted by molar-refractivity contribution is 5.71. The van der Waals surface area contributed by atoms with Gasteiger partial charge in [-0.05, 0) is 31.4 Å². The number of carbonyl (C=O) groups excluding carboxylic acids is 1. The molecule has 3 nitrogen and oxygen atoms in total. The maximum Gasteiger partial charge on any atom is 0.320 e. The van der Waals surface area contributed by atoms with Crippen LogP contribution < -0.4 is 0 Å². The highest BCUT2D eigenvalue weighted by atomic mass is 16.5. The van der Waals surface area contributed by atoms with E-state index < -0.39 is 0 Å². The molecule has 0 bridgehead atoms. The van der Waals surface area contributed by atoms with Crippen molar-refractivity contribution >= 4 is 5.97 Å². The van der Waals surface area contributed by atoms with Crippen LogP contribution in [0.4, 0.5) is 0 Å². The molecule has 0 spiro atoms. The fraction of sp³-hybridized carbons (Fsp3) is 0.500. The van der Waals surface area contributed by atoms with Crippen molar-refractivity contribution in [1.82, 2.24) is 4.90 Å². The first-order valence-electron chi connectivity index (χ1n) is 6.22. The maximum absolute atomic E-state index is 11.4. The van der Waals surface area contributed by atoms with Gasteiger partial charge in [0.25, 0.3) is 0 Å². The minimum absolute atomic E-state index is 0.110. The molecule has 0 radical (unpaired) electrons. The Morgan fingerprint density at radius 2 is 2.18 bits per heavy atom. The summed E-state index contributed by atoms with van der Waals surface area (Å²) < 4.78 is 4.96. The maximum atomic E-state index is 11.4. The summed E-state index contributed by atoms with van der Waals surface area (Å²) in [4.78, 5) is 13.6. The molecule has 3 heteroatoms. The minimum Gasteiger partial charge on any atom is -0.465 e. The molecule has 1 aromatic carbocycles. The van der Waals surface area contributed by atoms with Gasteiger partial charge in [-0.1, -0.05) is 30.3 Å². The molecule has 0 N–H and O–H groups in total. The molecule has 92 valence electrons. The predicted molar refractivity (Wildman–Crippen MR) is 66.9 cm³/mol. The topological polar surface area (TPSA) is 29.5 Å². The lowest BCUT2D eigenvalue weighted by Crippen LogP contribution is -2.28. The van der Waals surface area contributed by atoms with Gasteiger partial charge in [-0.15, -0.1) is 0 Å². The monoisotopic (exact) mass is 233 g/mol. The van der Waals surface area contributed by atoms with Crippen LogP contribution in [0.15, 0.2) is 30.3 Å². The van der Waals surface area contributed by atoms with Crippen LogP contribution in [0, 0.1) is 0 Å². The van der Waals surface area contributed by atoms with Crippen molar-refractivity contribution in [3.63, 3.8) is 0 Å². The van der Waals surface area contributed by atoms with Gasteiger partial charge in [-0.25, -0.2) is 0 Å². The molecule has 1 saturated heterocycles. The molecule has 1 atom stereocenters. The van der Waals surface area contributed by atoms with E-state index >= 15 is 0 Å². The molecule has 0 aliphatic carbocycles. The summed E-state index contributed by atoms with van der Waals surface area (Å²) in [5.41, 5.74) is 1.37. The van der Waals surface area contributed by atoms with Crippen molar-refractivity contribution in [1.29, 1.82) is 0 Å². The lowest BCUT2D eigenvalue weighted by Gasteiger charge is -2.14. The number of nitrogens with zero attached hydrogens (tertiary/aromatic N) is 1. The number of esters is 1. The van der Waals surface area contributed by atoms with Crippen molar-refractivity contribution in [3.05, 3.63) is 35.9 Å². The molecule has 1 heterocycles.